The molecule has 5 nitrogen and oxygen atoms in total. The fourth-order valence-electron chi connectivity index (χ4n) is 3.52. The van der Waals surface area contributed by atoms with E-state index in [2.05, 4.69) is 5.32 Å². The maximum Gasteiger partial charge on any atom is 0.193 e. The van der Waals surface area contributed by atoms with Gasteiger partial charge in [-0.25, -0.2) is 0 Å². The molecule has 7 heteroatoms. The molecule has 0 aromatic heterocycles. The standard InChI is InChI=1S/C22H23ClN2O3S/c1-4-10-25-13(2)18(20(26)14-8-6-5-7-9-14)19(24-22(25)29)16-11-15(23)12-17(28-3)21(16)27/h5-9,11-12,19,27H,4,10H2,1-3H3,(H,24,29). The molecule has 1 heterocycles. The van der Waals surface area contributed by atoms with E-state index in [1.165, 1.54) is 13.2 Å². The maximum absolute atomic E-state index is 13.5. The molecule has 1 aliphatic heterocycles. The van der Waals surface area contributed by atoms with Gasteiger partial charge in [0.2, 0.25) is 0 Å². The molecule has 2 N–H and O–H groups in total. The highest BCUT2D eigenvalue weighted by Gasteiger charge is 2.36. The first-order valence-corrected chi connectivity index (χ1v) is 10.1. The van der Waals surface area contributed by atoms with Crippen molar-refractivity contribution >= 4 is 34.7 Å². The second-order valence-corrected chi connectivity index (χ2v) is 7.60. The van der Waals surface area contributed by atoms with Crippen LogP contribution in [0.2, 0.25) is 5.02 Å². The van der Waals surface area contributed by atoms with Crippen molar-refractivity contribution in [2.24, 2.45) is 0 Å². The summed E-state index contributed by atoms with van der Waals surface area (Å²) in [5, 5.41) is 14.9. The Balaban J connectivity index is 2.21. The van der Waals surface area contributed by atoms with E-state index in [0.717, 1.165) is 12.1 Å². The molecule has 0 amide bonds. The number of hydrogen-bond donors (Lipinski definition) is 2. The minimum atomic E-state index is -0.657. The number of carbonyl (C=O) groups excluding carboxylic acids is 1. The Kier molecular flexibility index (Phi) is 6.45. The molecule has 1 unspecified atom stereocenters. The van der Waals surface area contributed by atoms with Crippen molar-refractivity contribution in [2.45, 2.75) is 26.3 Å². The van der Waals surface area contributed by atoms with Crippen LogP contribution < -0.4 is 10.1 Å². The lowest BCUT2D eigenvalue weighted by Gasteiger charge is -2.38. The molecule has 0 saturated heterocycles. The number of methoxy groups -OCH3 is 1. The van der Waals surface area contributed by atoms with E-state index in [4.69, 9.17) is 28.6 Å². The van der Waals surface area contributed by atoms with Crippen molar-refractivity contribution in [1.29, 1.82) is 0 Å². The van der Waals surface area contributed by atoms with Gasteiger partial charge in [-0.15, -0.1) is 0 Å². The zero-order valence-electron chi connectivity index (χ0n) is 16.5. The number of Topliss-reactive ketones (excluding diaryl/α,β-unsaturated/α-hetero) is 1. The van der Waals surface area contributed by atoms with Gasteiger partial charge in [0.1, 0.15) is 0 Å². The lowest BCUT2D eigenvalue weighted by molar-refractivity contribution is 0.102. The van der Waals surface area contributed by atoms with E-state index in [-0.39, 0.29) is 17.3 Å². The molecule has 2 aromatic carbocycles. The van der Waals surface area contributed by atoms with Gasteiger partial charge in [0.15, 0.2) is 22.4 Å². The van der Waals surface area contributed by atoms with Crippen molar-refractivity contribution in [1.82, 2.24) is 10.2 Å². The number of ketones is 1. The highest BCUT2D eigenvalue weighted by Crippen LogP contribution is 2.42. The van der Waals surface area contributed by atoms with Crippen LogP contribution in [0, 0.1) is 0 Å². The van der Waals surface area contributed by atoms with Gasteiger partial charge in [-0.2, -0.15) is 0 Å². The van der Waals surface area contributed by atoms with Crippen LogP contribution in [0.15, 0.2) is 53.7 Å². The van der Waals surface area contributed by atoms with Crippen molar-refractivity contribution in [3.63, 3.8) is 0 Å². The number of allylic oxidation sites excluding steroid dienone is 1. The first kappa shape index (κ1) is 21.1. The molecular formula is C22H23ClN2O3S. The van der Waals surface area contributed by atoms with Gasteiger partial charge in [0, 0.05) is 40.0 Å². The van der Waals surface area contributed by atoms with Crippen molar-refractivity contribution in [3.8, 4) is 11.5 Å². The SMILES string of the molecule is CCCN1C(=S)NC(c2cc(Cl)cc(OC)c2O)C(C(=O)c2ccccc2)=C1C. The molecule has 0 spiro atoms. The first-order valence-electron chi connectivity index (χ1n) is 9.34. The third-order valence-corrected chi connectivity index (χ3v) is 5.48. The summed E-state index contributed by atoms with van der Waals surface area (Å²) in [6, 6.07) is 11.5. The summed E-state index contributed by atoms with van der Waals surface area (Å²) in [5.41, 5.74) is 2.27. The summed E-state index contributed by atoms with van der Waals surface area (Å²) >= 11 is 11.8. The molecular weight excluding hydrogens is 408 g/mol. The Bertz CT molecular complexity index is 976. The fourth-order valence-corrected chi connectivity index (χ4v) is 4.08. The van der Waals surface area contributed by atoms with E-state index in [0.29, 0.717) is 33.4 Å². The van der Waals surface area contributed by atoms with E-state index < -0.39 is 6.04 Å². The lowest BCUT2D eigenvalue weighted by atomic mass is 9.88. The number of phenols is 1. The Morgan fingerprint density at radius 1 is 1.31 bits per heavy atom. The molecule has 1 atom stereocenters. The number of aromatic hydroxyl groups is 1. The van der Waals surface area contributed by atoms with Crippen LogP contribution in [0.25, 0.3) is 0 Å². The van der Waals surface area contributed by atoms with E-state index in [1.807, 2.05) is 36.9 Å². The number of nitrogens with zero attached hydrogens (tertiary/aromatic N) is 1. The molecule has 2 aromatic rings. The molecule has 29 heavy (non-hydrogen) atoms. The number of halogens is 1. The molecule has 0 fully saturated rings. The van der Waals surface area contributed by atoms with Crippen LogP contribution in [-0.2, 0) is 0 Å². The van der Waals surface area contributed by atoms with Gasteiger partial charge in [-0.05, 0) is 31.6 Å². The molecule has 0 aliphatic carbocycles. The van der Waals surface area contributed by atoms with E-state index in [1.54, 1.807) is 18.2 Å². The first-order chi connectivity index (χ1) is 13.9. The minimum absolute atomic E-state index is 0.0766. The molecule has 0 bridgehead atoms. The van der Waals surface area contributed by atoms with Crippen LogP contribution in [0.1, 0.15) is 42.2 Å². The Morgan fingerprint density at radius 2 is 2.00 bits per heavy atom. The fraction of sp³-hybridized carbons (Fsp3) is 0.273. The molecule has 0 radical (unpaired) electrons. The number of carbonyl (C=O) groups is 1. The largest absolute Gasteiger partial charge is 0.504 e. The summed E-state index contributed by atoms with van der Waals surface area (Å²) in [7, 11) is 1.45. The van der Waals surface area contributed by atoms with Gasteiger partial charge in [-0.1, -0.05) is 48.9 Å². The van der Waals surface area contributed by atoms with Gasteiger partial charge in [0.05, 0.1) is 13.2 Å². The van der Waals surface area contributed by atoms with Crippen LogP contribution in [0.4, 0.5) is 0 Å². The smallest absolute Gasteiger partial charge is 0.193 e. The quantitative estimate of drug-likeness (QED) is 0.504. The Hall–Kier alpha value is -2.57. The highest BCUT2D eigenvalue weighted by molar-refractivity contribution is 7.80. The monoisotopic (exact) mass is 430 g/mol. The highest BCUT2D eigenvalue weighted by atomic mass is 35.5. The lowest BCUT2D eigenvalue weighted by Crippen LogP contribution is -2.47. The van der Waals surface area contributed by atoms with Gasteiger partial charge in [-0.3, -0.25) is 4.79 Å². The second kappa shape index (κ2) is 8.84. The van der Waals surface area contributed by atoms with Gasteiger partial charge < -0.3 is 20.1 Å². The van der Waals surface area contributed by atoms with E-state index >= 15 is 0 Å². The Morgan fingerprint density at radius 3 is 2.62 bits per heavy atom. The number of ether oxygens (including phenoxy) is 1. The third kappa shape index (κ3) is 4.09. The normalized spacial score (nSPS) is 16.6. The maximum atomic E-state index is 13.5. The summed E-state index contributed by atoms with van der Waals surface area (Å²) in [4.78, 5) is 15.4. The number of hydrogen-bond acceptors (Lipinski definition) is 4. The summed E-state index contributed by atoms with van der Waals surface area (Å²) in [6.45, 7) is 4.61. The summed E-state index contributed by atoms with van der Waals surface area (Å²) < 4.78 is 5.24. The van der Waals surface area contributed by atoms with Crippen molar-refractivity contribution in [3.05, 3.63) is 69.9 Å². The predicted molar refractivity (Wildman–Crippen MR) is 119 cm³/mol. The molecule has 1 aliphatic rings. The molecule has 3 rings (SSSR count). The zero-order valence-corrected chi connectivity index (χ0v) is 18.1. The molecule has 0 saturated carbocycles. The van der Waals surface area contributed by atoms with Crippen LogP contribution in [-0.4, -0.2) is 34.6 Å². The predicted octanol–water partition coefficient (Wildman–Crippen LogP) is 4.85. The third-order valence-electron chi connectivity index (χ3n) is 4.92. The van der Waals surface area contributed by atoms with Gasteiger partial charge >= 0.3 is 0 Å². The van der Waals surface area contributed by atoms with Crippen LogP contribution in [0.3, 0.4) is 0 Å². The topological polar surface area (TPSA) is 61.8 Å². The number of nitrogens with one attached hydrogen (secondary N) is 1. The van der Waals surface area contributed by atoms with Crippen LogP contribution in [0.5, 0.6) is 11.5 Å². The second-order valence-electron chi connectivity index (χ2n) is 6.77. The molecule has 152 valence electrons. The average molecular weight is 431 g/mol. The van der Waals surface area contributed by atoms with Crippen molar-refractivity contribution in [2.75, 3.05) is 13.7 Å². The number of phenolic OH excluding ortho intramolecular Hbond substituents is 1. The van der Waals surface area contributed by atoms with Crippen LogP contribution >= 0.6 is 23.8 Å². The van der Waals surface area contributed by atoms with E-state index in [9.17, 15) is 9.90 Å². The summed E-state index contributed by atoms with van der Waals surface area (Å²) in [5.74, 6) is 0.0233. The Labute approximate surface area is 180 Å². The average Bonchev–Trinajstić information content (AvgIpc) is 2.72. The minimum Gasteiger partial charge on any atom is -0.504 e. The zero-order chi connectivity index (χ0) is 21.1. The number of rotatable bonds is 6. The number of benzene rings is 2. The number of thiocarbonyl (C=S) groups is 1. The summed E-state index contributed by atoms with van der Waals surface area (Å²) in [6.07, 6.45) is 0.868. The van der Waals surface area contributed by atoms with Gasteiger partial charge in [0.25, 0.3) is 0 Å². The van der Waals surface area contributed by atoms with Crippen molar-refractivity contribution < 1.29 is 14.6 Å².